The molecule has 27 heavy (non-hydrogen) atoms. The molecule has 1 aromatic carbocycles. The second kappa shape index (κ2) is 6.59. The molecule has 0 radical (unpaired) electrons. The van der Waals surface area contributed by atoms with Crippen LogP contribution in [0.1, 0.15) is 42.1 Å². The van der Waals surface area contributed by atoms with E-state index in [1.807, 2.05) is 19.1 Å². The molecule has 0 aromatic heterocycles. The van der Waals surface area contributed by atoms with Crippen molar-refractivity contribution < 1.29 is 23.9 Å². The Bertz CT molecular complexity index is 786. The molecule has 1 heterocycles. The topological polar surface area (TPSA) is 80.8 Å². The second-order valence-electron chi connectivity index (χ2n) is 8.00. The van der Waals surface area contributed by atoms with E-state index in [1.54, 1.807) is 12.1 Å². The zero-order valence-corrected chi connectivity index (χ0v) is 15.5. The maximum absolute atomic E-state index is 12.8. The summed E-state index contributed by atoms with van der Waals surface area (Å²) in [5.41, 5.74) is 1.49. The maximum Gasteiger partial charge on any atom is 0.329 e. The number of likely N-dealkylation sites (tertiary alicyclic amines) is 1. The van der Waals surface area contributed by atoms with Crippen LogP contribution in [0.15, 0.2) is 24.3 Å². The Kier molecular flexibility index (Phi) is 4.36. The molecule has 6 heteroatoms. The summed E-state index contributed by atoms with van der Waals surface area (Å²) < 4.78 is 5.12. The highest BCUT2D eigenvalue weighted by atomic mass is 16.5. The third kappa shape index (κ3) is 2.87. The molecule has 0 N–H and O–H groups in total. The van der Waals surface area contributed by atoms with Gasteiger partial charge in [-0.1, -0.05) is 29.8 Å². The third-order valence-electron chi connectivity index (χ3n) is 6.41. The van der Waals surface area contributed by atoms with Crippen molar-refractivity contribution >= 4 is 23.6 Å². The SMILES string of the molecule is Cc1ccc(C(=O)COC(=O)[C@@H](C)N2C(=O)[C@@H]3[C@H]4CC[C@@H](C4)[C@@H]3C2=O)cc1. The minimum Gasteiger partial charge on any atom is -0.456 e. The fourth-order valence-electron chi connectivity index (χ4n) is 5.00. The van der Waals surface area contributed by atoms with E-state index in [9.17, 15) is 19.2 Å². The summed E-state index contributed by atoms with van der Waals surface area (Å²) in [6.07, 6.45) is 2.93. The van der Waals surface area contributed by atoms with Crippen LogP contribution in [0.3, 0.4) is 0 Å². The summed E-state index contributed by atoms with van der Waals surface area (Å²) in [5, 5.41) is 0. The molecule has 2 amide bonds. The van der Waals surface area contributed by atoms with Crippen LogP contribution in [0, 0.1) is 30.6 Å². The second-order valence-corrected chi connectivity index (χ2v) is 8.00. The number of rotatable bonds is 5. The van der Waals surface area contributed by atoms with E-state index in [-0.39, 0.29) is 41.3 Å². The summed E-state index contributed by atoms with van der Waals surface area (Å²) in [5.74, 6) is -1.51. The maximum atomic E-state index is 12.8. The van der Waals surface area contributed by atoms with Crippen LogP contribution in [0.4, 0.5) is 0 Å². The molecule has 0 spiro atoms. The quantitative estimate of drug-likeness (QED) is 0.451. The molecule has 4 rings (SSSR count). The van der Waals surface area contributed by atoms with Gasteiger partial charge in [0.1, 0.15) is 6.04 Å². The molecule has 1 aliphatic heterocycles. The lowest BCUT2D eigenvalue weighted by molar-refractivity contribution is -0.157. The molecule has 3 fully saturated rings. The van der Waals surface area contributed by atoms with Crippen molar-refractivity contribution in [3.63, 3.8) is 0 Å². The van der Waals surface area contributed by atoms with E-state index in [2.05, 4.69) is 0 Å². The molecule has 3 aliphatic rings. The van der Waals surface area contributed by atoms with E-state index in [4.69, 9.17) is 4.74 Å². The standard InChI is InChI=1S/C21H23NO5/c1-11-3-5-13(6-4-11)16(23)10-27-21(26)12(2)22-19(24)17-14-7-8-15(9-14)18(17)20(22)25/h3-6,12,14-15,17-18H,7-10H2,1-2H3/t12-,14+,15+,17-,18+/m1/s1. The van der Waals surface area contributed by atoms with Gasteiger partial charge in [-0.05, 0) is 44.9 Å². The Morgan fingerprint density at radius 2 is 1.63 bits per heavy atom. The molecule has 2 bridgehead atoms. The smallest absolute Gasteiger partial charge is 0.329 e. The van der Waals surface area contributed by atoms with Gasteiger partial charge in [-0.2, -0.15) is 0 Å². The first kappa shape index (κ1) is 17.9. The largest absolute Gasteiger partial charge is 0.456 e. The molecule has 5 atom stereocenters. The number of amides is 2. The average molecular weight is 369 g/mol. The summed E-state index contributed by atoms with van der Waals surface area (Å²) in [4.78, 5) is 51.1. The highest BCUT2D eigenvalue weighted by Gasteiger charge is 2.62. The van der Waals surface area contributed by atoms with Gasteiger partial charge < -0.3 is 4.74 Å². The molecule has 1 aromatic rings. The Morgan fingerprint density at radius 3 is 2.19 bits per heavy atom. The molecule has 0 unspecified atom stereocenters. The number of carbonyl (C=O) groups excluding carboxylic acids is 4. The van der Waals surface area contributed by atoms with Gasteiger partial charge in [0.25, 0.3) is 0 Å². The first-order valence-corrected chi connectivity index (χ1v) is 9.52. The summed E-state index contributed by atoms with van der Waals surface area (Å²) >= 11 is 0. The summed E-state index contributed by atoms with van der Waals surface area (Å²) in [6, 6.07) is 5.98. The number of ether oxygens (including phenoxy) is 1. The number of nitrogens with zero attached hydrogens (tertiary/aromatic N) is 1. The molecule has 2 aliphatic carbocycles. The highest BCUT2D eigenvalue weighted by Crippen LogP contribution is 2.56. The molecular weight excluding hydrogens is 346 g/mol. The Labute approximate surface area is 157 Å². The number of fused-ring (bicyclic) bond motifs is 5. The molecule has 2 saturated carbocycles. The van der Waals surface area contributed by atoms with Crippen LogP contribution in [-0.2, 0) is 19.1 Å². The van der Waals surface area contributed by atoms with Gasteiger partial charge in [-0.3, -0.25) is 19.3 Å². The van der Waals surface area contributed by atoms with Gasteiger partial charge in [0, 0.05) is 5.56 Å². The monoisotopic (exact) mass is 369 g/mol. The predicted octanol–water partition coefficient (Wildman–Crippen LogP) is 2.14. The van der Waals surface area contributed by atoms with Gasteiger partial charge >= 0.3 is 5.97 Å². The number of carbonyl (C=O) groups is 4. The number of Topliss-reactive ketones (excluding diaryl/α,β-unsaturated/α-hetero) is 1. The van der Waals surface area contributed by atoms with E-state index in [0.29, 0.717) is 5.56 Å². The van der Waals surface area contributed by atoms with Gasteiger partial charge in [0.2, 0.25) is 11.8 Å². The van der Waals surface area contributed by atoms with Gasteiger partial charge in [-0.15, -0.1) is 0 Å². The molecular formula is C21H23NO5. The Balaban J connectivity index is 1.39. The number of ketones is 1. The van der Waals surface area contributed by atoms with Crippen LogP contribution in [-0.4, -0.2) is 41.1 Å². The van der Waals surface area contributed by atoms with Crippen molar-refractivity contribution in [1.82, 2.24) is 4.90 Å². The van der Waals surface area contributed by atoms with Gasteiger partial charge in [0.05, 0.1) is 11.8 Å². The Morgan fingerprint density at radius 1 is 1.07 bits per heavy atom. The van der Waals surface area contributed by atoms with Crippen LogP contribution in [0.5, 0.6) is 0 Å². The Hall–Kier alpha value is -2.50. The lowest BCUT2D eigenvalue weighted by Gasteiger charge is -2.22. The minimum absolute atomic E-state index is 0.244. The van der Waals surface area contributed by atoms with Crippen molar-refractivity contribution in [2.75, 3.05) is 6.61 Å². The normalized spacial score (nSPS) is 29.8. The first-order valence-electron chi connectivity index (χ1n) is 9.52. The number of imide groups is 1. The fourth-order valence-corrected chi connectivity index (χ4v) is 5.00. The number of aryl methyl sites for hydroxylation is 1. The van der Waals surface area contributed by atoms with E-state index >= 15 is 0 Å². The van der Waals surface area contributed by atoms with Crippen molar-refractivity contribution in [2.45, 2.75) is 39.2 Å². The third-order valence-corrected chi connectivity index (χ3v) is 6.41. The van der Waals surface area contributed by atoms with Crippen molar-refractivity contribution in [1.29, 1.82) is 0 Å². The van der Waals surface area contributed by atoms with Gasteiger partial charge in [0.15, 0.2) is 12.4 Å². The first-order chi connectivity index (χ1) is 12.9. The zero-order valence-electron chi connectivity index (χ0n) is 15.5. The molecule has 6 nitrogen and oxygen atoms in total. The lowest BCUT2D eigenvalue weighted by Crippen LogP contribution is -2.45. The van der Waals surface area contributed by atoms with E-state index in [1.165, 1.54) is 6.92 Å². The molecule has 1 saturated heterocycles. The van der Waals surface area contributed by atoms with Crippen molar-refractivity contribution in [2.24, 2.45) is 23.7 Å². The van der Waals surface area contributed by atoms with E-state index < -0.39 is 18.6 Å². The van der Waals surface area contributed by atoms with Crippen molar-refractivity contribution in [3.8, 4) is 0 Å². The van der Waals surface area contributed by atoms with Crippen LogP contribution in [0.25, 0.3) is 0 Å². The van der Waals surface area contributed by atoms with Gasteiger partial charge in [-0.25, -0.2) is 4.79 Å². The summed E-state index contributed by atoms with van der Waals surface area (Å²) in [6.45, 7) is 3.01. The average Bonchev–Trinajstić information content (AvgIpc) is 3.33. The zero-order chi connectivity index (χ0) is 19.3. The fraction of sp³-hybridized carbons (Fsp3) is 0.524. The van der Waals surface area contributed by atoms with Crippen LogP contribution >= 0.6 is 0 Å². The lowest BCUT2D eigenvalue weighted by atomic mass is 9.81. The number of benzene rings is 1. The number of hydrogen-bond acceptors (Lipinski definition) is 5. The molecule has 142 valence electrons. The summed E-state index contributed by atoms with van der Waals surface area (Å²) in [7, 11) is 0. The van der Waals surface area contributed by atoms with Crippen molar-refractivity contribution in [3.05, 3.63) is 35.4 Å². The minimum atomic E-state index is -0.999. The number of esters is 1. The predicted molar refractivity (Wildman–Crippen MR) is 95.6 cm³/mol. The van der Waals surface area contributed by atoms with E-state index in [0.717, 1.165) is 29.7 Å². The van der Waals surface area contributed by atoms with Crippen LogP contribution in [0.2, 0.25) is 0 Å². The van der Waals surface area contributed by atoms with Crippen LogP contribution < -0.4 is 0 Å². The number of hydrogen-bond donors (Lipinski definition) is 0. The highest BCUT2D eigenvalue weighted by molar-refractivity contribution is 6.08.